The average molecular weight is 425 g/mol. The van der Waals surface area contributed by atoms with Crippen molar-refractivity contribution in [3.05, 3.63) is 75.3 Å². The lowest BCUT2D eigenvalue weighted by Gasteiger charge is -2.34. The van der Waals surface area contributed by atoms with E-state index in [0.717, 1.165) is 35.7 Å². The molecule has 0 unspecified atom stereocenters. The van der Waals surface area contributed by atoms with Crippen molar-refractivity contribution in [1.82, 2.24) is 19.4 Å². The number of halogens is 1. The number of piperazine rings is 1. The van der Waals surface area contributed by atoms with Crippen molar-refractivity contribution in [1.29, 1.82) is 0 Å². The van der Waals surface area contributed by atoms with E-state index in [9.17, 15) is 9.59 Å². The summed E-state index contributed by atoms with van der Waals surface area (Å²) in [5, 5.41) is 1.34. The summed E-state index contributed by atoms with van der Waals surface area (Å²) in [7, 11) is 0. The molecule has 3 aromatic rings. The van der Waals surface area contributed by atoms with E-state index in [2.05, 4.69) is 9.88 Å². The summed E-state index contributed by atoms with van der Waals surface area (Å²) in [6.07, 6.45) is 1.85. The molecule has 0 aliphatic carbocycles. The van der Waals surface area contributed by atoms with E-state index in [-0.39, 0.29) is 11.5 Å². The normalized spacial score (nSPS) is 14.9. The summed E-state index contributed by atoms with van der Waals surface area (Å²) in [6, 6.07) is 13.5. The molecule has 1 aliphatic rings. The summed E-state index contributed by atoms with van der Waals surface area (Å²) in [5.74, 6) is 0.0809. The molecular formula is C23H25ClN4O2. The Morgan fingerprint density at radius 3 is 2.53 bits per heavy atom. The highest BCUT2D eigenvalue weighted by Gasteiger charge is 2.21. The molecule has 0 radical (unpaired) electrons. The van der Waals surface area contributed by atoms with E-state index < -0.39 is 0 Å². The lowest BCUT2D eigenvalue weighted by molar-refractivity contribution is -0.133. The lowest BCUT2D eigenvalue weighted by Crippen LogP contribution is -2.48. The van der Waals surface area contributed by atoms with Crippen LogP contribution in [0.1, 0.15) is 17.5 Å². The van der Waals surface area contributed by atoms with E-state index in [1.807, 2.05) is 48.2 Å². The van der Waals surface area contributed by atoms with E-state index in [1.165, 1.54) is 10.1 Å². The van der Waals surface area contributed by atoms with Gasteiger partial charge in [-0.05, 0) is 36.2 Å². The minimum atomic E-state index is -0.0933. The molecule has 30 heavy (non-hydrogen) atoms. The van der Waals surface area contributed by atoms with Crippen LogP contribution in [0.3, 0.4) is 0 Å². The number of benzene rings is 2. The topological polar surface area (TPSA) is 58.4 Å². The number of hydrogen-bond acceptors (Lipinski definition) is 4. The molecule has 1 aliphatic heterocycles. The minimum Gasteiger partial charge on any atom is -0.340 e. The SMILES string of the molecule is Cc1cccc2c(=O)n(CCC(=O)N3CCN(Cc4ccc(Cl)cc4)CC3)cnc12. The van der Waals surface area contributed by atoms with Crippen molar-refractivity contribution in [2.75, 3.05) is 26.2 Å². The average Bonchev–Trinajstić information content (AvgIpc) is 2.76. The second kappa shape index (κ2) is 8.98. The number of rotatable bonds is 5. The number of carbonyl (C=O) groups is 1. The molecule has 0 spiro atoms. The molecule has 1 saturated heterocycles. The van der Waals surface area contributed by atoms with E-state index in [4.69, 9.17) is 11.6 Å². The molecule has 1 amide bonds. The molecule has 0 atom stereocenters. The Hall–Kier alpha value is -2.70. The lowest BCUT2D eigenvalue weighted by atomic mass is 10.1. The predicted molar refractivity (Wildman–Crippen MR) is 119 cm³/mol. The van der Waals surface area contributed by atoms with Gasteiger partial charge in [0.05, 0.1) is 17.2 Å². The number of aryl methyl sites for hydroxylation is 2. The highest BCUT2D eigenvalue weighted by atomic mass is 35.5. The van der Waals surface area contributed by atoms with E-state index in [1.54, 1.807) is 12.4 Å². The summed E-state index contributed by atoms with van der Waals surface area (Å²) in [5.41, 5.74) is 2.83. The first kappa shape index (κ1) is 20.6. The van der Waals surface area contributed by atoms with Gasteiger partial charge in [-0.1, -0.05) is 35.9 Å². The summed E-state index contributed by atoms with van der Waals surface area (Å²) < 4.78 is 1.54. The standard InChI is InChI=1S/C23H25ClN4O2/c1-17-3-2-4-20-22(17)25-16-28(23(20)30)10-9-21(29)27-13-11-26(12-14-27)15-18-5-7-19(24)8-6-18/h2-8,16H,9-15H2,1H3. The monoisotopic (exact) mass is 424 g/mol. The zero-order valence-electron chi connectivity index (χ0n) is 17.1. The number of nitrogens with zero attached hydrogens (tertiary/aromatic N) is 4. The molecule has 4 rings (SSSR count). The fourth-order valence-corrected chi connectivity index (χ4v) is 4.00. The number of fused-ring (bicyclic) bond motifs is 1. The van der Waals surface area contributed by atoms with E-state index >= 15 is 0 Å². The van der Waals surface area contributed by atoms with Gasteiger partial charge < -0.3 is 4.90 Å². The molecule has 0 N–H and O–H groups in total. The van der Waals surface area contributed by atoms with Crippen molar-refractivity contribution >= 4 is 28.4 Å². The molecule has 1 fully saturated rings. The fraction of sp³-hybridized carbons (Fsp3) is 0.348. The Balaban J connectivity index is 1.31. The first-order valence-electron chi connectivity index (χ1n) is 10.2. The van der Waals surface area contributed by atoms with Crippen LogP contribution in [0, 0.1) is 6.92 Å². The first-order valence-corrected chi connectivity index (χ1v) is 10.6. The number of aromatic nitrogens is 2. The Morgan fingerprint density at radius 1 is 1.07 bits per heavy atom. The van der Waals surface area contributed by atoms with Gasteiger partial charge in [0.25, 0.3) is 5.56 Å². The molecule has 2 heterocycles. The molecular weight excluding hydrogens is 400 g/mol. The first-order chi connectivity index (χ1) is 14.5. The van der Waals surface area contributed by atoms with Gasteiger partial charge >= 0.3 is 0 Å². The third-order valence-electron chi connectivity index (χ3n) is 5.67. The van der Waals surface area contributed by atoms with Gasteiger partial charge in [0, 0.05) is 50.7 Å². The Morgan fingerprint density at radius 2 is 1.80 bits per heavy atom. The van der Waals surface area contributed by atoms with Crippen LogP contribution in [0.15, 0.2) is 53.6 Å². The van der Waals surface area contributed by atoms with Crippen LogP contribution in [0.25, 0.3) is 10.9 Å². The van der Waals surface area contributed by atoms with Gasteiger partial charge in [0.2, 0.25) is 5.91 Å². The second-order valence-corrected chi connectivity index (χ2v) is 8.18. The number of para-hydroxylation sites is 1. The molecule has 6 nitrogen and oxygen atoms in total. The largest absolute Gasteiger partial charge is 0.340 e. The van der Waals surface area contributed by atoms with Crippen LogP contribution in [0.5, 0.6) is 0 Å². The molecule has 0 bridgehead atoms. The van der Waals surface area contributed by atoms with Gasteiger partial charge in [-0.15, -0.1) is 0 Å². The maximum absolute atomic E-state index is 12.7. The zero-order chi connectivity index (χ0) is 21.1. The third-order valence-corrected chi connectivity index (χ3v) is 5.92. The smallest absolute Gasteiger partial charge is 0.261 e. The minimum absolute atomic E-state index is 0.0809. The highest BCUT2D eigenvalue weighted by molar-refractivity contribution is 6.30. The van der Waals surface area contributed by atoms with Crippen molar-refractivity contribution < 1.29 is 4.79 Å². The number of amides is 1. The zero-order valence-corrected chi connectivity index (χ0v) is 17.8. The number of carbonyl (C=O) groups excluding carboxylic acids is 1. The number of hydrogen-bond donors (Lipinski definition) is 0. The summed E-state index contributed by atoms with van der Waals surface area (Å²) >= 11 is 5.94. The highest BCUT2D eigenvalue weighted by Crippen LogP contribution is 2.14. The maximum atomic E-state index is 12.7. The van der Waals surface area contributed by atoms with Gasteiger partial charge in [0.15, 0.2) is 0 Å². The molecule has 2 aromatic carbocycles. The van der Waals surface area contributed by atoms with Gasteiger partial charge in [-0.3, -0.25) is 19.1 Å². The van der Waals surface area contributed by atoms with Crippen LogP contribution in [0.4, 0.5) is 0 Å². The molecule has 7 heteroatoms. The predicted octanol–water partition coefficient (Wildman–Crippen LogP) is 3.09. The third kappa shape index (κ3) is 4.55. The summed E-state index contributed by atoms with van der Waals surface area (Å²) in [6.45, 7) is 6.23. The van der Waals surface area contributed by atoms with Crippen molar-refractivity contribution in [2.24, 2.45) is 0 Å². The molecule has 0 saturated carbocycles. The Labute approximate surface area is 180 Å². The summed E-state index contributed by atoms with van der Waals surface area (Å²) in [4.78, 5) is 34.0. The van der Waals surface area contributed by atoms with Gasteiger partial charge in [-0.2, -0.15) is 0 Å². The van der Waals surface area contributed by atoms with Crippen molar-refractivity contribution in [3.63, 3.8) is 0 Å². The maximum Gasteiger partial charge on any atom is 0.261 e. The fourth-order valence-electron chi connectivity index (χ4n) is 3.87. The van der Waals surface area contributed by atoms with Crippen LogP contribution < -0.4 is 5.56 Å². The molecule has 156 valence electrons. The van der Waals surface area contributed by atoms with Crippen LogP contribution in [-0.2, 0) is 17.9 Å². The van der Waals surface area contributed by atoms with E-state index in [0.29, 0.717) is 31.4 Å². The van der Waals surface area contributed by atoms with Crippen LogP contribution >= 0.6 is 11.6 Å². The van der Waals surface area contributed by atoms with Crippen LogP contribution in [0.2, 0.25) is 5.02 Å². The van der Waals surface area contributed by atoms with Gasteiger partial charge in [0.1, 0.15) is 0 Å². The Bertz CT molecular complexity index is 1100. The van der Waals surface area contributed by atoms with Crippen molar-refractivity contribution in [3.8, 4) is 0 Å². The van der Waals surface area contributed by atoms with Gasteiger partial charge in [-0.25, -0.2) is 4.98 Å². The second-order valence-electron chi connectivity index (χ2n) is 7.75. The van der Waals surface area contributed by atoms with Crippen LogP contribution in [-0.4, -0.2) is 51.4 Å². The molecule has 1 aromatic heterocycles. The van der Waals surface area contributed by atoms with Crippen molar-refractivity contribution in [2.45, 2.75) is 26.4 Å². The Kier molecular flexibility index (Phi) is 6.16. The quantitative estimate of drug-likeness (QED) is 0.631.